The summed E-state index contributed by atoms with van der Waals surface area (Å²) in [6.45, 7) is 0. The van der Waals surface area contributed by atoms with Gasteiger partial charge in [0, 0.05) is 10.7 Å². The molecule has 0 N–H and O–H groups in total. The second-order valence-electron chi connectivity index (χ2n) is 3.56. The van der Waals surface area contributed by atoms with Gasteiger partial charge in [-0.25, -0.2) is 9.37 Å². The van der Waals surface area contributed by atoms with Crippen LogP contribution in [0.2, 0.25) is 0 Å². The summed E-state index contributed by atoms with van der Waals surface area (Å²) in [5.41, 5.74) is -0.815. The molecule has 2 rings (SSSR count). The summed E-state index contributed by atoms with van der Waals surface area (Å²) in [7, 11) is 0. The first-order valence-electron chi connectivity index (χ1n) is 5.19. The van der Waals surface area contributed by atoms with E-state index in [1.807, 2.05) is 0 Å². The molecule has 0 aliphatic heterocycles. The van der Waals surface area contributed by atoms with Crippen LogP contribution < -0.4 is 4.74 Å². The topological polar surface area (TPSA) is 89.0 Å². The van der Waals surface area contributed by atoms with Crippen molar-refractivity contribution < 1.29 is 14.1 Å². The molecule has 0 atom stereocenters. The first-order valence-corrected chi connectivity index (χ1v) is 5.98. The first-order chi connectivity index (χ1) is 9.52. The molecule has 0 radical (unpaired) electrons. The van der Waals surface area contributed by atoms with Gasteiger partial charge in [0.2, 0.25) is 0 Å². The predicted molar refractivity (Wildman–Crippen MR) is 69.8 cm³/mol. The summed E-state index contributed by atoms with van der Waals surface area (Å²) in [6, 6.07) is 6.74. The Morgan fingerprint density at radius 2 is 2.20 bits per heavy atom. The van der Waals surface area contributed by atoms with Crippen LogP contribution in [0.4, 0.5) is 10.1 Å². The van der Waals surface area contributed by atoms with Gasteiger partial charge in [-0.05, 0) is 24.3 Å². The molecule has 100 valence electrons. The molecule has 20 heavy (non-hydrogen) atoms. The van der Waals surface area contributed by atoms with E-state index in [-0.39, 0.29) is 11.3 Å². The van der Waals surface area contributed by atoms with Gasteiger partial charge < -0.3 is 4.74 Å². The van der Waals surface area contributed by atoms with E-state index in [0.29, 0.717) is 4.47 Å². The lowest BCUT2D eigenvalue weighted by Gasteiger charge is -2.07. The number of benzene rings is 1. The summed E-state index contributed by atoms with van der Waals surface area (Å²) in [5, 5.41) is 19.8. The Kier molecular flexibility index (Phi) is 3.91. The van der Waals surface area contributed by atoms with Crippen LogP contribution >= 0.6 is 15.9 Å². The van der Waals surface area contributed by atoms with E-state index in [0.717, 1.165) is 6.07 Å². The van der Waals surface area contributed by atoms with E-state index < -0.39 is 22.3 Å². The average molecular weight is 338 g/mol. The number of ether oxygens (including phenoxy) is 1. The predicted octanol–water partition coefficient (Wildman–Crippen LogP) is 3.56. The fourth-order valence-electron chi connectivity index (χ4n) is 1.44. The first kappa shape index (κ1) is 13.9. The number of halogens is 2. The van der Waals surface area contributed by atoms with Crippen molar-refractivity contribution in [1.29, 1.82) is 5.26 Å². The van der Waals surface area contributed by atoms with Gasteiger partial charge >= 0.3 is 11.6 Å². The fraction of sp³-hybridized carbons (Fsp3) is 0. The van der Waals surface area contributed by atoms with Crippen molar-refractivity contribution >= 4 is 21.6 Å². The second kappa shape index (κ2) is 5.63. The Hall–Kier alpha value is -2.53. The Morgan fingerprint density at radius 3 is 2.85 bits per heavy atom. The van der Waals surface area contributed by atoms with Crippen LogP contribution in [0.15, 0.2) is 34.9 Å². The highest BCUT2D eigenvalue weighted by molar-refractivity contribution is 9.10. The van der Waals surface area contributed by atoms with E-state index in [2.05, 4.69) is 20.9 Å². The summed E-state index contributed by atoms with van der Waals surface area (Å²) >= 11 is 3.13. The molecule has 0 fully saturated rings. The van der Waals surface area contributed by atoms with Crippen molar-refractivity contribution in [3.05, 3.63) is 56.4 Å². The van der Waals surface area contributed by atoms with Crippen LogP contribution in [0.25, 0.3) is 0 Å². The Bertz CT molecular complexity index is 730. The number of nitrogens with zero attached hydrogens (tertiary/aromatic N) is 3. The largest absolute Gasteiger partial charge is 0.430 e. The minimum Gasteiger partial charge on any atom is -0.430 e. The third-order valence-corrected chi connectivity index (χ3v) is 2.79. The van der Waals surface area contributed by atoms with Crippen LogP contribution in [-0.2, 0) is 0 Å². The van der Waals surface area contributed by atoms with Crippen LogP contribution in [-0.4, -0.2) is 9.91 Å². The molecule has 6 nitrogen and oxygen atoms in total. The van der Waals surface area contributed by atoms with E-state index in [1.54, 1.807) is 6.07 Å². The fourth-order valence-corrected chi connectivity index (χ4v) is 1.78. The number of pyridine rings is 1. The maximum absolute atomic E-state index is 13.6. The molecule has 1 heterocycles. The Labute approximate surface area is 120 Å². The van der Waals surface area contributed by atoms with Gasteiger partial charge in [-0.3, -0.25) is 10.1 Å². The van der Waals surface area contributed by atoms with Gasteiger partial charge in [0.1, 0.15) is 11.6 Å². The van der Waals surface area contributed by atoms with Crippen molar-refractivity contribution in [3.63, 3.8) is 0 Å². The zero-order valence-electron chi connectivity index (χ0n) is 9.71. The van der Waals surface area contributed by atoms with Crippen molar-refractivity contribution in [2.45, 2.75) is 0 Å². The Morgan fingerprint density at radius 1 is 1.45 bits per heavy atom. The molecule has 0 aliphatic carbocycles. The maximum atomic E-state index is 13.6. The van der Waals surface area contributed by atoms with Crippen LogP contribution in [0, 0.1) is 27.3 Å². The van der Waals surface area contributed by atoms with Gasteiger partial charge in [0.25, 0.3) is 0 Å². The van der Waals surface area contributed by atoms with E-state index in [9.17, 15) is 14.5 Å². The number of hydrogen-bond acceptors (Lipinski definition) is 5. The second-order valence-corrected chi connectivity index (χ2v) is 4.47. The lowest BCUT2D eigenvalue weighted by molar-refractivity contribution is -0.386. The highest BCUT2D eigenvalue weighted by Gasteiger charge is 2.24. The van der Waals surface area contributed by atoms with E-state index in [1.165, 1.54) is 24.4 Å². The number of nitro groups is 1. The molecule has 0 bridgehead atoms. The lowest BCUT2D eigenvalue weighted by Crippen LogP contribution is -1.99. The van der Waals surface area contributed by atoms with Crippen molar-refractivity contribution in [1.82, 2.24) is 4.98 Å². The van der Waals surface area contributed by atoms with Crippen molar-refractivity contribution in [2.24, 2.45) is 0 Å². The molecule has 8 heteroatoms. The maximum Gasteiger partial charge on any atom is 0.348 e. The smallest absolute Gasteiger partial charge is 0.348 e. The summed E-state index contributed by atoms with van der Waals surface area (Å²) in [5.74, 6) is -1.37. The standard InChI is InChI=1S/C12H5BrFN3O3/c13-8-1-2-9(14)10(5-8)20-12-11(17(18)19)7(6-15)3-4-16-12/h1-5H. The van der Waals surface area contributed by atoms with Crippen LogP contribution in [0.1, 0.15) is 5.56 Å². The highest BCUT2D eigenvalue weighted by Crippen LogP contribution is 2.33. The monoisotopic (exact) mass is 337 g/mol. The zero-order valence-corrected chi connectivity index (χ0v) is 11.3. The number of rotatable bonds is 3. The molecule has 0 aliphatic rings. The third kappa shape index (κ3) is 2.73. The number of hydrogen-bond donors (Lipinski definition) is 0. The Balaban J connectivity index is 2.52. The molecule has 0 unspecified atom stereocenters. The van der Waals surface area contributed by atoms with Gasteiger partial charge in [0.15, 0.2) is 11.6 Å². The quantitative estimate of drug-likeness (QED) is 0.631. The van der Waals surface area contributed by atoms with Gasteiger partial charge in [-0.15, -0.1) is 0 Å². The molecular weight excluding hydrogens is 333 g/mol. The van der Waals surface area contributed by atoms with Crippen molar-refractivity contribution in [3.8, 4) is 17.7 Å². The minimum atomic E-state index is -0.795. The summed E-state index contributed by atoms with van der Waals surface area (Å²) in [6.07, 6.45) is 1.18. The van der Waals surface area contributed by atoms with E-state index in [4.69, 9.17) is 10.00 Å². The number of aromatic nitrogens is 1. The van der Waals surface area contributed by atoms with Crippen LogP contribution in [0.3, 0.4) is 0 Å². The van der Waals surface area contributed by atoms with Gasteiger partial charge in [0.05, 0.1) is 4.92 Å². The molecule has 0 saturated heterocycles. The molecule has 2 aromatic rings. The zero-order chi connectivity index (χ0) is 14.7. The molecule has 0 spiro atoms. The van der Waals surface area contributed by atoms with Gasteiger partial charge in [-0.2, -0.15) is 5.26 Å². The van der Waals surface area contributed by atoms with Crippen LogP contribution in [0.5, 0.6) is 11.6 Å². The molecule has 1 aromatic carbocycles. The lowest BCUT2D eigenvalue weighted by atomic mass is 10.2. The third-order valence-electron chi connectivity index (χ3n) is 2.29. The minimum absolute atomic E-state index is 0.213. The van der Waals surface area contributed by atoms with Gasteiger partial charge in [-0.1, -0.05) is 15.9 Å². The molecule has 0 saturated carbocycles. The summed E-state index contributed by atoms with van der Waals surface area (Å²) in [4.78, 5) is 13.9. The molecule has 0 amide bonds. The van der Waals surface area contributed by atoms with Crippen molar-refractivity contribution in [2.75, 3.05) is 0 Å². The summed E-state index contributed by atoms with van der Waals surface area (Å²) < 4.78 is 19.2. The van der Waals surface area contributed by atoms with E-state index >= 15 is 0 Å². The number of nitriles is 1. The average Bonchev–Trinajstić information content (AvgIpc) is 2.42. The SMILES string of the molecule is N#Cc1ccnc(Oc2cc(Br)ccc2F)c1[N+](=O)[O-]. The molecule has 1 aromatic heterocycles. The normalized spacial score (nSPS) is 9.85. The highest BCUT2D eigenvalue weighted by atomic mass is 79.9. The molecular formula is C12H5BrFN3O3.